The van der Waals surface area contributed by atoms with E-state index in [0.717, 1.165) is 6.92 Å². The molecule has 216 valence electrons. The molecule has 0 saturated carbocycles. The number of carbonyl (C=O) groups excluding carboxylic acids is 4. The lowest BCUT2D eigenvalue weighted by Gasteiger charge is -2.26. The number of esters is 4. The molecule has 19 heteroatoms. The summed E-state index contributed by atoms with van der Waals surface area (Å²) in [5, 5.41) is 0. The maximum Gasteiger partial charge on any atom is 0.303 e. The third-order valence-electron chi connectivity index (χ3n) is 3.71. The van der Waals surface area contributed by atoms with Crippen molar-refractivity contribution in [3.05, 3.63) is 0 Å². The maximum atomic E-state index is 11.7. The Morgan fingerprint density at radius 2 is 1.03 bits per heavy atom. The lowest BCUT2D eigenvalue weighted by atomic mass is 10.2. The van der Waals surface area contributed by atoms with Gasteiger partial charge in [0, 0.05) is 50.7 Å². The van der Waals surface area contributed by atoms with E-state index < -0.39 is 76.2 Å². The Labute approximate surface area is 236 Å². The van der Waals surface area contributed by atoms with Crippen molar-refractivity contribution in [2.45, 2.75) is 52.1 Å². The molecule has 6 atom stereocenters. The van der Waals surface area contributed by atoms with Gasteiger partial charge in [-0.15, -0.1) is 4.28 Å². The highest BCUT2D eigenvalue weighted by molar-refractivity contribution is 8.78. The van der Waals surface area contributed by atoms with E-state index in [1.165, 1.54) is 63.9 Å². The molecule has 0 radical (unpaired) electrons. The van der Waals surface area contributed by atoms with Crippen molar-refractivity contribution in [2.24, 2.45) is 0 Å². The zero-order valence-corrected chi connectivity index (χ0v) is 25.5. The summed E-state index contributed by atoms with van der Waals surface area (Å²) >= 11 is -4.34. The van der Waals surface area contributed by atoms with Crippen LogP contribution in [0.15, 0.2) is 0 Å². The predicted molar refractivity (Wildman–Crippen MR) is 143 cm³/mol. The van der Waals surface area contributed by atoms with Crippen LogP contribution in [0.2, 0.25) is 0 Å². The van der Waals surface area contributed by atoms with Crippen LogP contribution in [0.25, 0.3) is 0 Å². The van der Waals surface area contributed by atoms with Gasteiger partial charge in [-0.2, -0.15) is 5.90 Å². The fraction of sp³-hybridized carbons (Fsp3) is 0.778. The number of ether oxygens (including phenoxy) is 4. The minimum Gasteiger partial charge on any atom is -0.772 e. The van der Waals surface area contributed by atoms with Gasteiger partial charge < -0.3 is 23.5 Å². The van der Waals surface area contributed by atoms with Crippen LogP contribution in [0, 0.1) is 0 Å². The molecule has 0 amide bonds. The van der Waals surface area contributed by atoms with Crippen LogP contribution in [-0.2, 0) is 64.6 Å². The molecule has 0 rings (SSSR count). The van der Waals surface area contributed by atoms with E-state index in [2.05, 4.69) is 10.2 Å². The zero-order chi connectivity index (χ0) is 28.4. The van der Waals surface area contributed by atoms with E-state index in [1.54, 1.807) is 0 Å². The molecule has 0 saturated heterocycles. The Morgan fingerprint density at radius 3 is 1.35 bits per heavy atom. The van der Waals surface area contributed by atoms with Crippen molar-refractivity contribution in [3.8, 4) is 0 Å². The molecule has 0 aliphatic heterocycles. The van der Waals surface area contributed by atoms with Gasteiger partial charge in [0.05, 0.1) is 11.5 Å². The number of rotatable bonds is 20. The van der Waals surface area contributed by atoms with Gasteiger partial charge in [0.1, 0.15) is 18.3 Å². The van der Waals surface area contributed by atoms with E-state index in [4.69, 9.17) is 18.9 Å². The molecule has 37 heavy (non-hydrogen) atoms. The zero-order valence-electron chi connectivity index (χ0n) is 20.6. The third kappa shape index (κ3) is 20.1. The first-order valence-corrected chi connectivity index (χ1v) is 17.9. The number of hydrogen-bond acceptors (Lipinski definition) is 16. The van der Waals surface area contributed by atoms with Crippen LogP contribution in [-0.4, -0.2) is 95.8 Å². The summed E-state index contributed by atoms with van der Waals surface area (Å²) < 4.78 is 59.0. The van der Waals surface area contributed by atoms with Crippen molar-refractivity contribution < 1.29 is 61.3 Å². The molecular weight excluding hydrogens is 615 g/mol. The molecule has 13 nitrogen and oxygen atoms in total. The van der Waals surface area contributed by atoms with E-state index in [-0.39, 0.29) is 17.3 Å². The summed E-state index contributed by atoms with van der Waals surface area (Å²) in [7, 11) is 5.58. The molecule has 0 aliphatic rings. The number of hydrogen-bond donors (Lipinski definition) is 1. The molecule has 3 N–H and O–H groups in total. The van der Waals surface area contributed by atoms with Crippen LogP contribution < -0.4 is 5.90 Å². The highest BCUT2D eigenvalue weighted by Gasteiger charge is 2.30. The summed E-state index contributed by atoms with van der Waals surface area (Å²) in [6.07, 6.45) is -3.89. The Balaban J connectivity index is 4.69. The molecule has 0 bridgehead atoms. The van der Waals surface area contributed by atoms with E-state index >= 15 is 0 Å². The summed E-state index contributed by atoms with van der Waals surface area (Å²) in [5.41, 5.74) is 0. The van der Waals surface area contributed by atoms with E-state index in [1.807, 2.05) is 0 Å². The van der Waals surface area contributed by atoms with Crippen molar-refractivity contribution in [2.75, 3.05) is 34.5 Å². The second-order valence-electron chi connectivity index (χ2n) is 6.86. The number of carbonyl (C=O) groups is 4. The molecule has 0 aromatic heterocycles. The SMILES string of the molecule is CC(=O)OC(CSSCCSSCC(OC(C)=O)C(CS(=O)O[NH3+])OC(C)=O)C(CS(=O)[O-])OC(C)=O. The van der Waals surface area contributed by atoms with Crippen LogP contribution in [0.1, 0.15) is 27.7 Å². The molecule has 0 aliphatic carbocycles. The van der Waals surface area contributed by atoms with Crippen LogP contribution in [0.3, 0.4) is 0 Å². The maximum absolute atomic E-state index is 11.7. The van der Waals surface area contributed by atoms with Crippen LogP contribution >= 0.6 is 43.2 Å². The second-order valence-corrected chi connectivity index (χ2v) is 14.2. The predicted octanol–water partition coefficient (Wildman–Crippen LogP) is 0.192. The molecule has 0 heterocycles. The first kappa shape index (κ1) is 36.5. The molecule has 0 fully saturated rings. The minimum atomic E-state index is -2.51. The molecule has 0 aromatic rings. The lowest BCUT2D eigenvalue weighted by molar-refractivity contribution is -0.633. The highest BCUT2D eigenvalue weighted by Crippen LogP contribution is 2.30. The average molecular weight is 646 g/mol. The lowest BCUT2D eigenvalue weighted by Crippen LogP contribution is -2.51. The number of quaternary nitrogens is 1. The third-order valence-corrected chi connectivity index (χ3v) is 10.3. The average Bonchev–Trinajstić information content (AvgIpc) is 2.76. The van der Waals surface area contributed by atoms with Gasteiger partial charge in [-0.25, -0.2) is 4.21 Å². The summed E-state index contributed by atoms with van der Waals surface area (Å²) in [6, 6.07) is 0. The summed E-state index contributed by atoms with van der Waals surface area (Å²) in [5.74, 6) is 1.57. The smallest absolute Gasteiger partial charge is 0.303 e. The molecule has 0 spiro atoms. The van der Waals surface area contributed by atoms with E-state index in [9.17, 15) is 32.1 Å². The Hall–Kier alpha value is -0.540. The normalized spacial score (nSPS) is 15.9. The molecule has 0 aromatic carbocycles. The first-order chi connectivity index (χ1) is 17.3. The van der Waals surface area contributed by atoms with E-state index in [0.29, 0.717) is 11.5 Å². The minimum absolute atomic E-state index is 0.196. The fourth-order valence-corrected chi connectivity index (χ4v) is 8.77. The monoisotopic (exact) mass is 645 g/mol. The van der Waals surface area contributed by atoms with Gasteiger partial charge in [-0.05, 0) is 0 Å². The van der Waals surface area contributed by atoms with Crippen molar-refractivity contribution in [1.82, 2.24) is 0 Å². The quantitative estimate of drug-likeness (QED) is 0.0469. The first-order valence-electron chi connectivity index (χ1n) is 10.4. The van der Waals surface area contributed by atoms with Gasteiger partial charge in [0.15, 0.2) is 6.10 Å². The summed E-state index contributed by atoms with van der Waals surface area (Å²) in [4.78, 5) is 45.7. The largest absolute Gasteiger partial charge is 0.772 e. The van der Waals surface area contributed by atoms with Gasteiger partial charge >= 0.3 is 23.9 Å². The Kier molecular flexibility index (Phi) is 21.0. The van der Waals surface area contributed by atoms with Gasteiger partial charge in [-0.1, -0.05) is 54.3 Å². The van der Waals surface area contributed by atoms with Crippen molar-refractivity contribution in [1.29, 1.82) is 0 Å². The van der Waals surface area contributed by atoms with Gasteiger partial charge in [0.25, 0.3) is 0 Å². The van der Waals surface area contributed by atoms with Crippen molar-refractivity contribution >= 4 is 89.2 Å². The summed E-state index contributed by atoms with van der Waals surface area (Å²) in [6.45, 7) is 4.71. The van der Waals surface area contributed by atoms with Crippen LogP contribution in [0.4, 0.5) is 0 Å². The fourth-order valence-electron chi connectivity index (χ4n) is 2.45. The highest BCUT2D eigenvalue weighted by atomic mass is 33.1. The Morgan fingerprint density at radius 1 is 0.676 bits per heavy atom. The second kappa shape index (κ2) is 21.3. The molecular formula is C18H31NO12S6. The standard InChI is InChI=1S/C18H31NO12S6/c1-11(20)27-15(17(9-36(24)25)29-13(3)22)7-34-32-5-6-33-35-8-16(28-12(2)21)18(30-14(4)23)10-37(26)31-19/h15-18H,5-10H2,1-4,19H3. The van der Waals surface area contributed by atoms with Crippen molar-refractivity contribution in [3.63, 3.8) is 0 Å². The topological polar surface area (TPSA) is 199 Å². The van der Waals surface area contributed by atoms with Crippen LogP contribution in [0.5, 0.6) is 0 Å². The molecule has 6 unspecified atom stereocenters. The Bertz CT molecular complexity index is 772. The van der Waals surface area contributed by atoms with Gasteiger partial charge in [-0.3, -0.25) is 23.4 Å². The van der Waals surface area contributed by atoms with Gasteiger partial charge in [0.2, 0.25) is 11.1 Å².